The number of aromatic nitrogens is 2. The standard InChI is InChI=1S/C4H4N2O2.C4H11NO3/c7-4(8)3-1-5-2-6-3;5-4(1-6,2-7)3-8/h1-2H,(H,5,6)(H,7,8);6-8H,1-3,5H2. The molecule has 0 saturated carbocycles. The predicted molar refractivity (Wildman–Crippen MR) is 53.7 cm³/mol. The van der Waals surface area contributed by atoms with Gasteiger partial charge in [0, 0.05) is 0 Å². The van der Waals surface area contributed by atoms with Crippen molar-refractivity contribution in [1.82, 2.24) is 9.97 Å². The zero-order valence-electron chi connectivity index (χ0n) is 8.50. The van der Waals surface area contributed by atoms with Gasteiger partial charge in [0.1, 0.15) is 5.69 Å². The van der Waals surface area contributed by atoms with E-state index in [-0.39, 0.29) is 5.69 Å². The molecule has 92 valence electrons. The van der Waals surface area contributed by atoms with Crippen molar-refractivity contribution in [2.24, 2.45) is 5.73 Å². The van der Waals surface area contributed by atoms with E-state index in [0.29, 0.717) is 0 Å². The third-order valence-corrected chi connectivity index (χ3v) is 1.67. The molecule has 0 fully saturated rings. The normalized spacial score (nSPS) is 10.5. The Balaban J connectivity index is 0.000000281. The molecule has 0 spiro atoms. The molecule has 1 aromatic heterocycles. The van der Waals surface area contributed by atoms with Gasteiger partial charge in [-0.05, 0) is 0 Å². The van der Waals surface area contributed by atoms with E-state index in [1.807, 2.05) is 0 Å². The van der Waals surface area contributed by atoms with E-state index < -0.39 is 31.3 Å². The van der Waals surface area contributed by atoms with Gasteiger partial charge in [-0.1, -0.05) is 0 Å². The quantitative estimate of drug-likeness (QED) is 0.344. The summed E-state index contributed by atoms with van der Waals surface area (Å²) in [4.78, 5) is 15.9. The highest BCUT2D eigenvalue weighted by Crippen LogP contribution is 1.93. The van der Waals surface area contributed by atoms with Crippen molar-refractivity contribution >= 4 is 5.97 Å². The summed E-state index contributed by atoms with van der Waals surface area (Å²) in [6, 6.07) is 0. The molecular formula is C8H15N3O5. The van der Waals surface area contributed by atoms with Crippen LogP contribution in [0.25, 0.3) is 0 Å². The molecule has 1 heterocycles. The van der Waals surface area contributed by atoms with E-state index in [1.165, 1.54) is 12.5 Å². The number of nitrogens with zero attached hydrogens (tertiary/aromatic N) is 1. The van der Waals surface area contributed by atoms with Crippen molar-refractivity contribution in [1.29, 1.82) is 0 Å². The number of nitrogens with two attached hydrogens (primary N) is 1. The number of carboxylic acid groups (broad SMARTS) is 1. The Morgan fingerprint density at radius 2 is 1.88 bits per heavy atom. The SMILES string of the molecule is NC(CO)(CO)CO.O=C(O)c1cnc[nH]1. The summed E-state index contributed by atoms with van der Waals surface area (Å²) in [7, 11) is 0. The van der Waals surface area contributed by atoms with Crippen LogP contribution in [0.1, 0.15) is 10.5 Å². The number of carbonyl (C=O) groups is 1. The van der Waals surface area contributed by atoms with Crippen LogP contribution in [0.2, 0.25) is 0 Å². The van der Waals surface area contributed by atoms with Gasteiger partial charge in [-0.2, -0.15) is 0 Å². The number of nitrogens with one attached hydrogen (secondary N) is 1. The predicted octanol–water partition coefficient (Wildman–Crippen LogP) is -2.23. The smallest absolute Gasteiger partial charge is 0.353 e. The molecule has 1 rings (SSSR count). The Kier molecular flexibility index (Phi) is 6.27. The third-order valence-electron chi connectivity index (χ3n) is 1.67. The first-order chi connectivity index (χ1) is 7.49. The average Bonchev–Trinajstić information content (AvgIpc) is 2.82. The molecule has 7 N–H and O–H groups in total. The molecule has 16 heavy (non-hydrogen) atoms. The van der Waals surface area contributed by atoms with Gasteiger partial charge in [-0.25, -0.2) is 9.78 Å². The molecular weight excluding hydrogens is 218 g/mol. The Morgan fingerprint density at radius 3 is 2.00 bits per heavy atom. The second-order valence-corrected chi connectivity index (χ2v) is 3.11. The maximum Gasteiger partial charge on any atom is 0.353 e. The van der Waals surface area contributed by atoms with Crippen molar-refractivity contribution in [3.05, 3.63) is 18.2 Å². The van der Waals surface area contributed by atoms with E-state index in [2.05, 4.69) is 9.97 Å². The first-order valence-corrected chi connectivity index (χ1v) is 4.32. The molecule has 8 nitrogen and oxygen atoms in total. The van der Waals surface area contributed by atoms with E-state index in [4.69, 9.17) is 26.2 Å². The number of aromatic carboxylic acids is 1. The summed E-state index contributed by atoms with van der Waals surface area (Å²) in [6.07, 6.45) is 2.58. The summed E-state index contributed by atoms with van der Waals surface area (Å²) in [5.74, 6) is -0.984. The lowest BCUT2D eigenvalue weighted by molar-refractivity contribution is 0.0688. The minimum absolute atomic E-state index is 0.116. The monoisotopic (exact) mass is 233 g/mol. The molecule has 0 bridgehead atoms. The van der Waals surface area contributed by atoms with Crippen LogP contribution in [0.4, 0.5) is 0 Å². The van der Waals surface area contributed by atoms with Gasteiger partial charge >= 0.3 is 5.97 Å². The Labute approximate surface area is 91.4 Å². The lowest BCUT2D eigenvalue weighted by Gasteiger charge is -2.20. The topological polar surface area (TPSA) is 153 Å². The maximum absolute atomic E-state index is 9.99. The minimum atomic E-state index is -1.21. The summed E-state index contributed by atoms with van der Waals surface area (Å²) in [5, 5.41) is 33.2. The molecule has 0 aliphatic rings. The van der Waals surface area contributed by atoms with Gasteiger partial charge in [-0.15, -0.1) is 0 Å². The van der Waals surface area contributed by atoms with Crippen LogP contribution in [0, 0.1) is 0 Å². The summed E-state index contributed by atoms with van der Waals surface area (Å²) in [5.41, 5.74) is 4.05. The number of rotatable bonds is 4. The van der Waals surface area contributed by atoms with Crippen molar-refractivity contribution < 1.29 is 25.2 Å². The molecule has 0 amide bonds. The van der Waals surface area contributed by atoms with Gasteiger partial charge in [0.25, 0.3) is 0 Å². The van der Waals surface area contributed by atoms with Crippen LogP contribution in [-0.2, 0) is 0 Å². The molecule has 0 radical (unpaired) electrons. The highest BCUT2D eigenvalue weighted by molar-refractivity contribution is 5.84. The highest BCUT2D eigenvalue weighted by Gasteiger charge is 2.20. The van der Waals surface area contributed by atoms with Crippen LogP contribution in [0.15, 0.2) is 12.5 Å². The van der Waals surface area contributed by atoms with Gasteiger partial charge in [0.05, 0.1) is 37.9 Å². The molecule has 0 atom stereocenters. The van der Waals surface area contributed by atoms with Gasteiger partial charge in [-0.3, -0.25) is 0 Å². The zero-order valence-corrected chi connectivity index (χ0v) is 8.50. The fraction of sp³-hybridized carbons (Fsp3) is 0.500. The van der Waals surface area contributed by atoms with Crippen LogP contribution in [0.5, 0.6) is 0 Å². The van der Waals surface area contributed by atoms with Crippen LogP contribution in [-0.4, -0.2) is 61.7 Å². The van der Waals surface area contributed by atoms with Crippen LogP contribution in [0.3, 0.4) is 0 Å². The van der Waals surface area contributed by atoms with Crippen LogP contribution >= 0.6 is 0 Å². The molecule has 8 heteroatoms. The number of hydrogen-bond acceptors (Lipinski definition) is 6. The number of hydrogen-bond donors (Lipinski definition) is 6. The fourth-order valence-electron chi connectivity index (χ4n) is 0.523. The molecule has 1 aromatic rings. The third kappa shape index (κ3) is 4.84. The number of H-pyrrole nitrogens is 1. The number of aromatic amines is 1. The number of carboxylic acids is 1. The van der Waals surface area contributed by atoms with E-state index in [1.54, 1.807) is 0 Å². The zero-order chi connectivity index (χ0) is 12.6. The Morgan fingerprint density at radius 1 is 1.38 bits per heavy atom. The number of aliphatic hydroxyl groups is 3. The van der Waals surface area contributed by atoms with Crippen molar-refractivity contribution in [3.8, 4) is 0 Å². The first kappa shape index (κ1) is 14.5. The molecule has 0 saturated heterocycles. The van der Waals surface area contributed by atoms with E-state index in [9.17, 15) is 4.79 Å². The second-order valence-electron chi connectivity index (χ2n) is 3.11. The fourth-order valence-corrected chi connectivity index (χ4v) is 0.523. The van der Waals surface area contributed by atoms with Gasteiger partial charge < -0.3 is 31.1 Å². The Hall–Kier alpha value is -1.48. The highest BCUT2D eigenvalue weighted by atomic mass is 16.4. The second kappa shape index (κ2) is 6.90. The minimum Gasteiger partial charge on any atom is -0.477 e. The maximum atomic E-state index is 9.99. The molecule has 0 aliphatic carbocycles. The average molecular weight is 233 g/mol. The molecule has 0 aliphatic heterocycles. The summed E-state index contributed by atoms with van der Waals surface area (Å²) >= 11 is 0. The first-order valence-electron chi connectivity index (χ1n) is 4.32. The largest absolute Gasteiger partial charge is 0.477 e. The lowest BCUT2D eigenvalue weighted by Crippen LogP contribution is -2.50. The van der Waals surface area contributed by atoms with E-state index >= 15 is 0 Å². The summed E-state index contributed by atoms with van der Waals surface area (Å²) < 4.78 is 0. The van der Waals surface area contributed by atoms with Crippen molar-refractivity contribution in [2.75, 3.05) is 19.8 Å². The molecule has 0 aromatic carbocycles. The van der Waals surface area contributed by atoms with Crippen LogP contribution < -0.4 is 5.73 Å². The van der Waals surface area contributed by atoms with Gasteiger partial charge in [0.2, 0.25) is 0 Å². The summed E-state index contributed by atoms with van der Waals surface area (Å²) in [6.45, 7) is -1.21. The van der Waals surface area contributed by atoms with Gasteiger partial charge in [0.15, 0.2) is 0 Å². The molecule has 0 unspecified atom stereocenters. The Bertz CT molecular complexity index is 288. The number of aliphatic hydroxyl groups excluding tert-OH is 3. The lowest BCUT2D eigenvalue weighted by atomic mass is 10.1. The number of imidazole rings is 1. The van der Waals surface area contributed by atoms with Crippen molar-refractivity contribution in [2.45, 2.75) is 5.54 Å². The van der Waals surface area contributed by atoms with Crippen molar-refractivity contribution in [3.63, 3.8) is 0 Å². The van der Waals surface area contributed by atoms with E-state index in [0.717, 1.165) is 0 Å².